The molecule has 1 aliphatic heterocycles. The lowest BCUT2D eigenvalue weighted by Crippen LogP contribution is -2.29. The van der Waals surface area contributed by atoms with Gasteiger partial charge in [-0.15, -0.1) is 0 Å². The summed E-state index contributed by atoms with van der Waals surface area (Å²) in [6.07, 6.45) is 0.791. The molecule has 0 spiro atoms. The van der Waals surface area contributed by atoms with Crippen molar-refractivity contribution in [3.63, 3.8) is 0 Å². The molecule has 1 unspecified atom stereocenters. The van der Waals surface area contributed by atoms with Gasteiger partial charge in [0.2, 0.25) is 0 Å². The number of benzene rings is 3. The molecule has 4 rings (SSSR count). The van der Waals surface area contributed by atoms with Crippen LogP contribution in [-0.4, -0.2) is 29.5 Å². The summed E-state index contributed by atoms with van der Waals surface area (Å²) in [7, 11) is -7.59. The molecule has 1 atom stereocenters. The summed E-state index contributed by atoms with van der Waals surface area (Å²) >= 11 is 0. The van der Waals surface area contributed by atoms with Crippen LogP contribution in [0.15, 0.2) is 88.7 Å². The maximum atomic E-state index is 12.5. The molecule has 0 aromatic heterocycles. The van der Waals surface area contributed by atoms with Crippen LogP contribution in [0.4, 0.5) is 5.69 Å². The SMILES string of the molecule is O=S(=O)(Nc1ccc2c(c1)OC(COS(=O)(=O)c1ccccc1)CC2)c1ccccc1. The average molecular weight is 460 g/mol. The third-order valence-electron chi connectivity index (χ3n) is 4.84. The number of hydrogen-bond donors (Lipinski definition) is 1. The number of hydrogen-bond acceptors (Lipinski definition) is 6. The highest BCUT2D eigenvalue weighted by Gasteiger charge is 2.24. The van der Waals surface area contributed by atoms with E-state index in [1.165, 1.54) is 24.3 Å². The first-order chi connectivity index (χ1) is 14.8. The third kappa shape index (κ3) is 5.07. The number of anilines is 1. The molecule has 31 heavy (non-hydrogen) atoms. The zero-order chi connectivity index (χ0) is 21.9. The second kappa shape index (κ2) is 8.70. The molecule has 0 saturated carbocycles. The third-order valence-corrected chi connectivity index (χ3v) is 7.54. The lowest BCUT2D eigenvalue weighted by molar-refractivity contribution is 0.113. The van der Waals surface area contributed by atoms with E-state index < -0.39 is 26.2 Å². The molecule has 3 aromatic carbocycles. The van der Waals surface area contributed by atoms with Gasteiger partial charge in [0.1, 0.15) is 18.5 Å². The predicted molar refractivity (Wildman–Crippen MR) is 116 cm³/mol. The fourth-order valence-electron chi connectivity index (χ4n) is 3.24. The van der Waals surface area contributed by atoms with Crippen LogP contribution >= 0.6 is 0 Å². The first-order valence-corrected chi connectivity index (χ1v) is 12.5. The topological polar surface area (TPSA) is 98.8 Å². The highest BCUT2D eigenvalue weighted by Crippen LogP contribution is 2.31. The average Bonchev–Trinajstić information content (AvgIpc) is 2.78. The number of fused-ring (bicyclic) bond motifs is 1. The van der Waals surface area contributed by atoms with Crippen LogP contribution in [0.3, 0.4) is 0 Å². The van der Waals surface area contributed by atoms with Crippen LogP contribution in [0.2, 0.25) is 0 Å². The molecule has 162 valence electrons. The van der Waals surface area contributed by atoms with E-state index in [9.17, 15) is 16.8 Å². The zero-order valence-electron chi connectivity index (χ0n) is 16.5. The number of ether oxygens (including phenoxy) is 1. The Kier molecular flexibility index (Phi) is 5.99. The summed E-state index contributed by atoms with van der Waals surface area (Å²) in [5.74, 6) is 0.505. The molecule has 0 aliphatic carbocycles. The minimum Gasteiger partial charge on any atom is -0.488 e. The largest absolute Gasteiger partial charge is 0.488 e. The molecule has 9 heteroatoms. The van der Waals surface area contributed by atoms with E-state index in [1.54, 1.807) is 54.6 Å². The molecular weight excluding hydrogens is 438 g/mol. The van der Waals surface area contributed by atoms with Crippen molar-refractivity contribution in [3.05, 3.63) is 84.4 Å². The monoisotopic (exact) mass is 459 g/mol. The van der Waals surface area contributed by atoms with E-state index in [0.717, 1.165) is 5.56 Å². The van der Waals surface area contributed by atoms with E-state index in [-0.39, 0.29) is 16.4 Å². The first-order valence-electron chi connectivity index (χ1n) is 9.65. The molecule has 0 fully saturated rings. The normalized spacial score (nSPS) is 16.2. The van der Waals surface area contributed by atoms with Crippen LogP contribution in [-0.2, 0) is 30.7 Å². The highest BCUT2D eigenvalue weighted by molar-refractivity contribution is 7.92. The molecule has 1 aliphatic rings. The summed E-state index contributed by atoms with van der Waals surface area (Å²) in [6.45, 7) is -0.128. The second-order valence-electron chi connectivity index (χ2n) is 7.07. The van der Waals surface area contributed by atoms with E-state index >= 15 is 0 Å². The summed E-state index contributed by atoms with van der Waals surface area (Å²) in [4.78, 5) is 0.245. The van der Waals surface area contributed by atoms with Crippen molar-refractivity contribution in [2.45, 2.75) is 28.7 Å². The second-order valence-corrected chi connectivity index (χ2v) is 10.4. The molecule has 1 N–H and O–H groups in total. The lowest BCUT2D eigenvalue weighted by Gasteiger charge is -2.26. The Morgan fingerprint density at radius 3 is 2.19 bits per heavy atom. The Morgan fingerprint density at radius 2 is 1.52 bits per heavy atom. The van der Waals surface area contributed by atoms with Crippen molar-refractivity contribution in [3.8, 4) is 5.75 Å². The number of sulfonamides is 1. The number of rotatable bonds is 7. The number of aryl methyl sites for hydroxylation is 1. The van der Waals surface area contributed by atoms with Gasteiger partial charge in [-0.2, -0.15) is 8.42 Å². The van der Waals surface area contributed by atoms with E-state index in [0.29, 0.717) is 24.3 Å². The van der Waals surface area contributed by atoms with Crippen LogP contribution in [0.5, 0.6) is 5.75 Å². The van der Waals surface area contributed by atoms with Crippen LogP contribution in [0.1, 0.15) is 12.0 Å². The Labute approximate surface area is 181 Å². The van der Waals surface area contributed by atoms with Crippen LogP contribution in [0, 0.1) is 0 Å². The van der Waals surface area contributed by atoms with E-state index in [2.05, 4.69) is 4.72 Å². The van der Waals surface area contributed by atoms with Gasteiger partial charge in [0.05, 0.1) is 15.5 Å². The quantitative estimate of drug-likeness (QED) is 0.542. The lowest BCUT2D eigenvalue weighted by atomic mass is 10.0. The summed E-state index contributed by atoms with van der Waals surface area (Å²) in [5, 5.41) is 0. The van der Waals surface area contributed by atoms with Gasteiger partial charge in [0, 0.05) is 6.07 Å². The van der Waals surface area contributed by atoms with E-state index in [1.807, 2.05) is 0 Å². The Hall–Kier alpha value is -2.88. The fourth-order valence-corrected chi connectivity index (χ4v) is 5.27. The van der Waals surface area contributed by atoms with Gasteiger partial charge in [0.25, 0.3) is 20.1 Å². The molecule has 1 heterocycles. The smallest absolute Gasteiger partial charge is 0.297 e. The van der Waals surface area contributed by atoms with E-state index in [4.69, 9.17) is 8.92 Å². The molecule has 0 bridgehead atoms. The van der Waals surface area contributed by atoms with Gasteiger partial charge in [-0.3, -0.25) is 8.91 Å². The molecule has 0 amide bonds. The summed E-state index contributed by atoms with van der Waals surface area (Å²) < 4.78 is 63.3. The van der Waals surface area contributed by atoms with Gasteiger partial charge in [-0.05, 0) is 48.7 Å². The maximum Gasteiger partial charge on any atom is 0.297 e. The molecule has 3 aromatic rings. The standard InChI is InChI=1S/C22H21NO6S2/c24-30(25,20-7-3-1-4-8-20)23-18-13-11-17-12-14-19(29-22(17)15-18)16-28-31(26,27)21-9-5-2-6-10-21/h1-11,13,15,19,23H,12,14,16H2. The van der Waals surface area contributed by atoms with Gasteiger partial charge >= 0.3 is 0 Å². The van der Waals surface area contributed by atoms with Crippen molar-refractivity contribution in [1.82, 2.24) is 0 Å². The minimum atomic E-state index is -3.87. The minimum absolute atomic E-state index is 0.0869. The maximum absolute atomic E-state index is 12.5. The van der Waals surface area contributed by atoms with Crippen molar-refractivity contribution < 1.29 is 25.8 Å². The number of nitrogens with one attached hydrogen (secondary N) is 1. The van der Waals surface area contributed by atoms with Crippen molar-refractivity contribution in [1.29, 1.82) is 0 Å². The van der Waals surface area contributed by atoms with Gasteiger partial charge in [-0.1, -0.05) is 42.5 Å². The Bertz CT molecular complexity index is 1260. The van der Waals surface area contributed by atoms with Crippen LogP contribution in [0.25, 0.3) is 0 Å². The van der Waals surface area contributed by atoms with Gasteiger partial charge < -0.3 is 4.74 Å². The summed E-state index contributed by atoms with van der Waals surface area (Å²) in [5.41, 5.74) is 1.28. The van der Waals surface area contributed by atoms with Crippen molar-refractivity contribution in [2.75, 3.05) is 11.3 Å². The predicted octanol–water partition coefficient (Wildman–Crippen LogP) is 3.59. The van der Waals surface area contributed by atoms with Crippen molar-refractivity contribution >= 4 is 25.8 Å². The molecule has 0 saturated heterocycles. The Balaban J connectivity index is 1.44. The summed E-state index contributed by atoms with van der Waals surface area (Å²) in [6, 6.07) is 21.1. The van der Waals surface area contributed by atoms with Gasteiger partial charge in [-0.25, -0.2) is 8.42 Å². The van der Waals surface area contributed by atoms with Crippen molar-refractivity contribution in [2.24, 2.45) is 0 Å². The molecule has 0 radical (unpaired) electrons. The fraction of sp³-hybridized carbons (Fsp3) is 0.182. The van der Waals surface area contributed by atoms with Gasteiger partial charge in [0.15, 0.2) is 0 Å². The molecule has 7 nitrogen and oxygen atoms in total. The van der Waals surface area contributed by atoms with Crippen LogP contribution < -0.4 is 9.46 Å². The first kappa shape index (κ1) is 21.4. The molecular formula is C22H21NO6S2. The Morgan fingerprint density at radius 1 is 0.871 bits per heavy atom. The zero-order valence-corrected chi connectivity index (χ0v) is 18.1. The highest BCUT2D eigenvalue weighted by atomic mass is 32.2.